The Hall–Kier alpha value is -2.35. The number of sulfonamides is 1. The van der Waals surface area contributed by atoms with Crippen LogP contribution >= 0.6 is 0 Å². The van der Waals surface area contributed by atoms with Crippen LogP contribution in [0.25, 0.3) is 0 Å². The van der Waals surface area contributed by atoms with E-state index in [0.717, 1.165) is 25.9 Å². The Morgan fingerprint density at radius 2 is 1.91 bits per heavy atom. The van der Waals surface area contributed by atoms with E-state index in [2.05, 4.69) is 16.3 Å². The summed E-state index contributed by atoms with van der Waals surface area (Å²) in [5, 5.41) is 20.7. The highest BCUT2D eigenvalue weighted by molar-refractivity contribution is 7.89. The minimum absolute atomic E-state index is 0.219. The molecule has 33 heavy (non-hydrogen) atoms. The van der Waals surface area contributed by atoms with Crippen molar-refractivity contribution in [2.24, 2.45) is 11.8 Å². The maximum Gasteiger partial charge on any atom is 0.404 e. The number of carbonyl (C=O) groups is 1. The molecule has 2 aliphatic rings. The number of nitrogens with zero attached hydrogens (tertiary/aromatic N) is 3. The van der Waals surface area contributed by atoms with Crippen molar-refractivity contribution in [2.75, 3.05) is 45.1 Å². The molecular formula is C23H34N4O5S. The maximum atomic E-state index is 12.6. The highest BCUT2D eigenvalue weighted by Crippen LogP contribution is 2.30. The van der Waals surface area contributed by atoms with Gasteiger partial charge < -0.3 is 20.1 Å². The zero-order chi connectivity index (χ0) is 23.8. The van der Waals surface area contributed by atoms with Gasteiger partial charge in [-0.2, -0.15) is 5.26 Å². The normalized spacial score (nSPS) is 22.3. The van der Waals surface area contributed by atoms with E-state index in [-0.39, 0.29) is 23.6 Å². The molecule has 10 heteroatoms. The molecule has 2 saturated heterocycles. The van der Waals surface area contributed by atoms with Crippen LogP contribution in [0.3, 0.4) is 0 Å². The fourth-order valence-corrected chi connectivity index (χ4v) is 6.60. The molecule has 0 radical (unpaired) electrons. The van der Waals surface area contributed by atoms with E-state index in [0.29, 0.717) is 50.4 Å². The number of rotatable bonds is 11. The number of fused-ring (bicyclic) bond motifs is 2. The zero-order valence-electron chi connectivity index (χ0n) is 19.1. The molecule has 2 fully saturated rings. The van der Waals surface area contributed by atoms with Crippen molar-refractivity contribution >= 4 is 16.1 Å². The topological polar surface area (TPSA) is 123 Å². The number of nitrogens with one attached hydrogen (secondary N) is 1. The predicted octanol–water partition coefficient (Wildman–Crippen LogP) is 2.35. The summed E-state index contributed by atoms with van der Waals surface area (Å²) in [5.41, 5.74) is 0.556. The standard InChI is InChI=1S/C23H34N4O5S/c1-2-3-10-33(30,31)27-15-19-11-20(16-27)14-26(13-19)17-21(25-23(28)29)8-9-32-22-6-4-18(12-24)5-7-22/h4-7,19-21,25H,2-3,8-11,13-17H2,1H3,(H,28,29). The number of nitriles is 1. The van der Waals surface area contributed by atoms with Crippen molar-refractivity contribution in [3.05, 3.63) is 29.8 Å². The second-order valence-electron chi connectivity index (χ2n) is 9.09. The van der Waals surface area contributed by atoms with Gasteiger partial charge in [-0.1, -0.05) is 13.3 Å². The molecule has 1 aromatic carbocycles. The molecule has 1 amide bonds. The summed E-state index contributed by atoms with van der Waals surface area (Å²) in [6.45, 7) is 5.56. The first kappa shape index (κ1) is 25.3. The van der Waals surface area contributed by atoms with Crippen molar-refractivity contribution < 1.29 is 23.1 Å². The van der Waals surface area contributed by atoms with Crippen LogP contribution in [0.4, 0.5) is 4.79 Å². The minimum atomic E-state index is -3.20. The summed E-state index contributed by atoms with van der Waals surface area (Å²) < 4.78 is 32.7. The lowest BCUT2D eigenvalue weighted by Crippen LogP contribution is -2.56. The van der Waals surface area contributed by atoms with Gasteiger partial charge in [-0.05, 0) is 48.9 Å². The monoisotopic (exact) mass is 478 g/mol. The lowest BCUT2D eigenvalue weighted by atomic mass is 9.85. The molecule has 2 bridgehead atoms. The van der Waals surface area contributed by atoms with Crippen LogP contribution < -0.4 is 10.1 Å². The van der Waals surface area contributed by atoms with Crippen LogP contribution in [-0.4, -0.2) is 79.9 Å². The Labute approximate surface area is 196 Å². The largest absolute Gasteiger partial charge is 0.494 e. The third kappa shape index (κ3) is 7.59. The van der Waals surface area contributed by atoms with Crippen LogP contribution in [-0.2, 0) is 10.0 Å². The molecule has 0 saturated carbocycles. The number of amides is 1. The van der Waals surface area contributed by atoms with Crippen molar-refractivity contribution in [3.8, 4) is 11.8 Å². The van der Waals surface area contributed by atoms with Crippen LogP contribution in [0.5, 0.6) is 5.75 Å². The van der Waals surface area contributed by atoms with E-state index >= 15 is 0 Å². The highest BCUT2D eigenvalue weighted by atomic mass is 32.2. The summed E-state index contributed by atoms with van der Waals surface area (Å²) >= 11 is 0. The summed E-state index contributed by atoms with van der Waals surface area (Å²) in [7, 11) is -3.20. The molecule has 182 valence electrons. The number of carboxylic acid groups (broad SMARTS) is 1. The number of ether oxygens (including phenoxy) is 1. The van der Waals surface area contributed by atoms with Crippen LogP contribution in [0.15, 0.2) is 24.3 Å². The molecule has 0 aromatic heterocycles. The second-order valence-corrected chi connectivity index (χ2v) is 11.2. The fourth-order valence-electron chi connectivity index (χ4n) is 4.81. The predicted molar refractivity (Wildman–Crippen MR) is 125 cm³/mol. The van der Waals surface area contributed by atoms with Gasteiger partial charge in [-0.15, -0.1) is 0 Å². The minimum Gasteiger partial charge on any atom is -0.494 e. The Balaban J connectivity index is 1.52. The van der Waals surface area contributed by atoms with Gasteiger partial charge in [-0.25, -0.2) is 17.5 Å². The van der Waals surface area contributed by atoms with Gasteiger partial charge in [0, 0.05) is 45.2 Å². The summed E-state index contributed by atoms with van der Waals surface area (Å²) in [6, 6.07) is 8.59. The SMILES string of the molecule is CCCCS(=O)(=O)N1CC2CC(CN(CC(CCOc3ccc(C#N)cc3)NC(=O)O)C2)C1. The van der Waals surface area contributed by atoms with Gasteiger partial charge in [0.05, 0.1) is 24.0 Å². The van der Waals surface area contributed by atoms with Gasteiger partial charge in [0.2, 0.25) is 10.0 Å². The molecule has 9 nitrogen and oxygen atoms in total. The number of piperidine rings is 2. The van der Waals surface area contributed by atoms with Crippen molar-refractivity contribution in [3.63, 3.8) is 0 Å². The van der Waals surface area contributed by atoms with Crippen molar-refractivity contribution in [1.29, 1.82) is 5.26 Å². The van der Waals surface area contributed by atoms with E-state index < -0.39 is 16.1 Å². The zero-order valence-corrected chi connectivity index (χ0v) is 20.0. The van der Waals surface area contributed by atoms with E-state index in [1.165, 1.54) is 0 Å². The molecule has 3 atom stereocenters. The third-order valence-corrected chi connectivity index (χ3v) is 8.19. The first-order valence-corrected chi connectivity index (χ1v) is 13.2. The maximum absolute atomic E-state index is 12.6. The summed E-state index contributed by atoms with van der Waals surface area (Å²) in [5.74, 6) is 1.40. The highest BCUT2D eigenvalue weighted by Gasteiger charge is 2.38. The molecule has 0 spiro atoms. The fraction of sp³-hybridized carbons (Fsp3) is 0.652. The van der Waals surface area contributed by atoms with Crippen molar-refractivity contribution in [2.45, 2.75) is 38.6 Å². The average molecular weight is 479 g/mol. The molecular weight excluding hydrogens is 444 g/mol. The smallest absolute Gasteiger partial charge is 0.404 e. The third-order valence-electron chi connectivity index (χ3n) is 6.30. The first-order chi connectivity index (χ1) is 15.8. The van der Waals surface area contributed by atoms with Crippen molar-refractivity contribution in [1.82, 2.24) is 14.5 Å². The molecule has 3 rings (SSSR count). The van der Waals surface area contributed by atoms with Crippen LogP contribution in [0, 0.1) is 23.2 Å². The van der Waals surface area contributed by atoms with Gasteiger partial charge in [-0.3, -0.25) is 0 Å². The van der Waals surface area contributed by atoms with Crippen LogP contribution in [0.1, 0.15) is 38.2 Å². The molecule has 2 heterocycles. The number of likely N-dealkylation sites (tertiary alicyclic amines) is 1. The quantitative estimate of drug-likeness (QED) is 0.500. The lowest BCUT2D eigenvalue weighted by Gasteiger charge is -2.46. The van der Waals surface area contributed by atoms with E-state index in [1.54, 1.807) is 28.6 Å². The lowest BCUT2D eigenvalue weighted by molar-refractivity contribution is 0.0568. The van der Waals surface area contributed by atoms with E-state index in [9.17, 15) is 18.3 Å². The van der Waals surface area contributed by atoms with Gasteiger partial charge >= 0.3 is 6.09 Å². The Morgan fingerprint density at radius 1 is 1.24 bits per heavy atom. The molecule has 3 unspecified atom stereocenters. The Morgan fingerprint density at radius 3 is 2.48 bits per heavy atom. The Kier molecular flexibility index (Phi) is 8.95. The molecule has 2 N–H and O–H groups in total. The number of benzene rings is 1. The number of hydrogen-bond donors (Lipinski definition) is 2. The average Bonchev–Trinajstić information content (AvgIpc) is 2.77. The second kappa shape index (κ2) is 11.7. The number of unbranched alkanes of at least 4 members (excludes halogenated alkanes) is 1. The van der Waals surface area contributed by atoms with E-state index in [1.807, 2.05) is 6.92 Å². The van der Waals surface area contributed by atoms with Gasteiger partial charge in [0.15, 0.2) is 0 Å². The molecule has 2 aliphatic heterocycles. The summed E-state index contributed by atoms with van der Waals surface area (Å²) in [4.78, 5) is 13.6. The Bertz CT molecular complexity index is 917. The molecule has 0 aliphatic carbocycles. The molecule has 1 aromatic rings. The van der Waals surface area contributed by atoms with Gasteiger partial charge in [0.1, 0.15) is 5.75 Å². The summed E-state index contributed by atoms with van der Waals surface area (Å²) in [6.07, 6.45) is 2.02. The first-order valence-electron chi connectivity index (χ1n) is 11.6. The number of hydrogen-bond acceptors (Lipinski definition) is 6. The van der Waals surface area contributed by atoms with Crippen LogP contribution in [0.2, 0.25) is 0 Å². The van der Waals surface area contributed by atoms with E-state index in [4.69, 9.17) is 10.00 Å². The van der Waals surface area contributed by atoms with Gasteiger partial charge in [0.25, 0.3) is 0 Å².